The van der Waals surface area contributed by atoms with Crippen molar-refractivity contribution in [2.45, 2.75) is 11.7 Å². The molecule has 0 aliphatic carbocycles. The van der Waals surface area contributed by atoms with Crippen molar-refractivity contribution in [1.29, 1.82) is 0 Å². The molecule has 0 spiro atoms. The summed E-state index contributed by atoms with van der Waals surface area (Å²) < 4.78 is 37.1. The molecule has 5 nitrogen and oxygen atoms in total. The lowest BCUT2D eigenvalue weighted by atomic mass is 9.95. The molecule has 0 radical (unpaired) electrons. The predicted octanol–water partition coefficient (Wildman–Crippen LogP) is 1.09. The molecule has 0 bridgehead atoms. The molecule has 1 aliphatic heterocycles. The zero-order valence-electron chi connectivity index (χ0n) is 6.65. The van der Waals surface area contributed by atoms with E-state index in [1.807, 2.05) is 0 Å². The van der Waals surface area contributed by atoms with Gasteiger partial charge in [0, 0.05) is 17.2 Å². The number of aliphatic hydroxyl groups excluding tert-OH is 1. The number of halogens is 3. The Labute approximate surface area is 75.7 Å². The lowest BCUT2D eigenvalue weighted by Gasteiger charge is -2.26. The van der Waals surface area contributed by atoms with Crippen LogP contribution in [0, 0.1) is 10.1 Å². The largest absolute Gasteiger partial charge is 0.505 e. The molecular weight excluding hydrogens is 205 g/mol. The smallest absolute Gasteiger partial charge is 0.470 e. The number of dihydropyridines is 1. The second-order valence-corrected chi connectivity index (χ2v) is 2.66. The summed E-state index contributed by atoms with van der Waals surface area (Å²) in [6.45, 7) is -1.13. The Kier molecular flexibility index (Phi) is 2.22. The van der Waals surface area contributed by atoms with Gasteiger partial charge in [-0.1, -0.05) is 0 Å². The molecule has 0 aromatic rings. The molecule has 0 aromatic heterocycles. The fourth-order valence-corrected chi connectivity index (χ4v) is 1.02. The highest BCUT2D eigenvalue weighted by molar-refractivity contribution is 5.73. The van der Waals surface area contributed by atoms with E-state index in [1.165, 1.54) is 0 Å². The van der Waals surface area contributed by atoms with Gasteiger partial charge in [-0.25, -0.2) is 0 Å². The Hall–Kier alpha value is -1.60. The maximum Gasteiger partial charge on any atom is 0.470 e. The molecule has 0 aromatic carbocycles. The summed E-state index contributed by atoms with van der Waals surface area (Å²) in [6, 6.07) is 0. The maximum absolute atomic E-state index is 12.4. The third-order valence-electron chi connectivity index (χ3n) is 1.86. The van der Waals surface area contributed by atoms with E-state index in [2.05, 4.69) is 4.99 Å². The van der Waals surface area contributed by atoms with Crippen LogP contribution in [0.1, 0.15) is 0 Å². The minimum absolute atomic E-state index is 0.569. The molecule has 1 rings (SSSR count). The molecular formula is C6H5F3N2O3. The van der Waals surface area contributed by atoms with E-state index in [4.69, 9.17) is 5.11 Å². The molecule has 0 saturated carbocycles. The second kappa shape index (κ2) is 2.96. The van der Waals surface area contributed by atoms with Crippen molar-refractivity contribution in [3.63, 3.8) is 0 Å². The first-order valence-electron chi connectivity index (χ1n) is 3.43. The molecule has 0 fully saturated rings. The summed E-state index contributed by atoms with van der Waals surface area (Å²) in [5.74, 6) is -1.34. The fraction of sp³-hybridized carbons (Fsp3) is 0.500. The van der Waals surface area contributed by atoms with Gasteiger partial charge in [-0.15, -0.1) is 0 Å². The van der Waals surface area contributed by atoms with Crippen LogP contribution in [0.4, 0.5) is 13.2 Å². The molecule has 1 heterocycles. The number of aliphatic imine (C=N–C) groups is 1. The van der Waals surface area contributed by atoms with Gasteiger partial charge in [0.15, 0.2) is 5.76 Å². The number of allylic oxidation sites excluding steroid dienone is 1. The average Bonchev–Trinajstić information content (AvgIpc) is 2.02. The molecule has 1 aliphatic rings. The van der Waals surface area contributed by atoms with Crippen LogP contribution in [-0.4, -0.2) is 34.5 Å². The first kappa shape index (κ1) is 10.5. The van der Waals surface area contributed by atoms with Gasteiger partial charge in [0.25, 0.3) is 0 Å². The first-order chi connectivity index (χ1) is 6.32. The van der Waals surface area contributed by atoms with E-state index in [9.17, 15) is 23.3 Å². The van der Waals surface area contributed by atoms with Gasteiger partial charge in [-0.3, -0.25) is 15.1 Å². The van der Waals surface area contributed by atoms with Gasteiger partial charge in [0.05, 0.1) is 0 Å². The van der Waals surface area contributed by atoms with E-state index >= 15 is 0 Å². The van der Waals surface area contributed by atoms with Gasteiger partial charge in [-0.2, -0.15) is 13.2 Å². The monoisotopic (exact) mass is 210 g/mol. The van der Waals surface area contributed by atoms with Crippen LogP contribution in [-0.2, 0) is 0 Å². The third kappa shape index (κ3) is 1.22. The molecule has 14 heavy (non-hydrogen) atoms. The lowest BCUT2D eigenvalue weighted by Crippen LogP contribution is -2.56. The van der Waals surface area contributed by atoms with E-state index in [1.54, 1.807) is 0 Å². The average molecular weight is 210 g/mol. The van der Waals surface area contributed by atoms with E-state index < -0.39 is 28.9 Å². The molecule has 1 unspecified atom stereocenters. The first-order valence-corrected chi connectivity index (χ1v) is 3.43. The zero-order chi connectivity index (χ0) is 11.0. The number of nitro groups is 1. The van der Waals surface area contributed by atoms with Crippen molar-refractivity contribution in [3.8, 4) is 0 Å². The summed E-state index contributed by atoms with van der Waals surface area (Å²) >= 11 is 0. The molecule has 78 valence electrons. The number of aliphatic hydroxyl groups is 1. The highest BCUT2D eigenvalue weighted by Gasteiger charge is 2.69. The molecule has 0 saturated heterocycles. The van der Waals surface area contributed by atoms with Crippen molar-refractivity contribution in [2.75, 3.05) is 6.54 Å². The zero-order valence-corrected chi connectivity index (χ0v) is 6.65. The summed E-state index contributed by atoms with van der Waals surface area (Å²) in [6.07, 6.45) is -3.71. The predicted molar refractivity (Wildman–Crippen MR) is 39.9 cm³/mol. The number of alkyl halides is 3. The van der Waals surface area contributed by atoms with Crippen LogP contribution in [0.5, 0.6) is 0 Å². The van der Waals surface area contributed by atoms with Crippen molar-refractivity contribution in [3.05, 3.63) is 21.9 Å². The maximum atomic E-state index is 12.4. The Morgan fingerprint density at radius 3 is 2.50 bits per heavy atom. The topological polar surface area (TPSA) is 75.7 Å². The van der Waals surface area contributed by atoms with Crippen LogP contribution in [0.15, 0.2) is 16.8 Å². The van der Waals surface area contributed by atoms with Crippen molar-refractivity contribution in [1.82, 2.24) is 0 Å². The summed E-state index contributed by atoms with van der Waals surface area (Å²) in [5.41, 5.74) is -3.48. The lowest BCUT2D eigenvalue weighted by molar-refractivity contribution is -0.602. The van der Waals surface area contributed by atoms with E-state index in [-0.39, 0.29) is 0 Å². The summed E-state index contributed by atoms with van der Waals surface area (Å²) in [7, 11) is 0. The quantitative estimate of drug-likeness (QED) is 0.519. The van der Waals surface area contributed by atoms with E-state index in [0.717, 1.165) is 6.21 Å². The van der Waals surface area contributed by atoms with Crippen molar-refractivity contribution >= 4 is 6.21 Å². The highest BCUT2D eigenvalue weighted by Crippen LogP contribution is 2.39. The van der Waals surface area contributed by atoms with Crippen LogP contribution in [0.2, 0.25) is 0 Å². The summed E-state index contributed by atoms with van der Waals surface area (Å²) in [4.78, 5) is 11.9. The normalized spacial score (nSPS) is 27.2. The molecule has 1 atom stereocenters. The SMILES string of the molecule is O=[N+]([O-])C1(C(F)(F)F)CN=CC=C1O. The van der Waals surface area contributed by atoms with Gasteiger partial charge in [0.1, 0.15) is 6.54 Å². The molecule has 8 heteroatoms. The van der Waals surface area contributed by atoms with Crippen LogP contribution < -0.4 is 0 Å². The number of hydrogen-bond acceptors (Lipinski definition) is 4. The van der Waals surface area contributed by atoms with Gasteiger partial charge >= 0.3 is 11.7 Å². The fourth-order valence-electron chi connectivity index (χ4n) is 1.02. The van der Waals surface area contributed by atoms with Crippen LogP contribution in [0.25, 0.3) is 0 Å². The third-order valence-corrected chi connectivity index (χ3v) is 1.86. The molecule has 1 N–H and O–H groups in total. The minimum Gasteiger partial charge on any atom is -0.505 e. The Morgan fingerprint density at radius 2 is 2.21 bits per heavy atom. The number of nitrogens with zero attached hydrogens (tertiary/aromatic N) is 2. The van der Waals surface area contributed by atoms with Gasteiger partial charge in [0.2, 0.25) is 0 Å². The highest BCUT2D eigenvalue weighted by atomic mass is 19.4. The van der Waals surface area contributed by atoms with Gasteiger partial charge in [-0.05, 0) is 0 Å². The number of rotatable bonds is 1. The van der Waals surface area contributed by atoms with Crippen molar-refractivity contribution in [2.24, 2.45) is 4.99 Å². The Morgan fingerprint density at radius 1 is 1.64 bits per heavy atom. The molecule has 0 amide bonds. The van der Waals surface area contributed by atoms with Gasteiger partial charge < -0.3 is 5.11 Å². The van der Waals surface area contributed by atoms with E-state index in [0.29, 0.717) is 6.08 Å². The van der Waals surface area contributed by atoms with Crippen LogP contribution in [0.3, 0.4) is 0 Å². The Balaban J connectivity index is 3.27. The van der Waals surface area contributed by atoms with Crippen molar-refractivity contribution < 1.29 is 23.2 Å². The second-order valence-electron chi connectivity index (χ2n) is 2.66. The Bertz CT molecular complexity index is 323. The number of hydrogen-bond donors (Lipinski definition) is 1. The van der Waals surface area contributed by atoms with Crippen LogP contribution >= 0.6 is 0 Å². The minimum atomic E-state index is -5.17. The summed E-state index contributed by atoms with van der Waals surface area (Å²) in [5, 5.41) is 19.3. The standard InChI is InChI=1S/C6H5F3N2O3/c7-6(8,9)5(11(13)14)3-10-2-1-4(5)12/h1-2,12H,3H2.